The van der Waals surface area contributed by atoms with Crippen LogP contribution in [0.1, 0.15) is 21.5 Å². The number of nitrogens with one attached hydrogen (secondary N) is 2. The molecule has 35 heavy (non-hydrogen) atoms. The largest absolute Gasteiger partial charge is 0.378 e. The van der Waals surface area contributed by atoms with Crippen LogP contribution in [-0.4, -0.2) is 66.5 Å². The SMILES string of the molecule is CNC(=O)Nc1cc2n(n1)CCN2c1cc(/C=C/c2ccccc2)cc(C(=O)N2CCOCC2)c1. The summed E-state index contributed by atoms with van der Waals surface area (Å²) in [5.74, 6) is 1.35. The van der Waals surface area contributed by atoms with Crippen molar-refractivity contribution in [1.82, 2.24) is 20.0 Å². The van der Waals surface area contributed by atoms with Crippen molar-refractivity contribution in [3.8, 4) is 0 Å². The van der Waals surface area contributed by atoms with Crippen molar-refractivity contribution < 1.29 is 14.3 Å². The van der Waals surface area contributed by atoms with Crippen molar-refractivity contribution in [3.05, 3.63) is 71.3 Å². The van der Waals surface area contributed by atoms with E-state index >= 15 is 0 Å². The van der Waals surface area contributed by atoms with Crippen molar-refractivity contribution >= 4 is 41.4 Å². The van der Waals surface area contributed by atoms with Gasteiger partial charge in [0.15, 0.2) is 5.82 Å². The van der Waals surface area contributed by atoms with Crippen molar-refractivity contribution in [2.24, 2.45) is 0 Å². The number of nitrogens with zero attached hydrogens (tertiary/aromatic N) is 4. The number of rotatable bonds is 5. The Balaban J connectivity index is 1.49. The van der Waals surface area contributed by atoms with E-state index in [4.69, 9.17) is 4.74 Å². The molecule has 9 nitrogen and oxygen atoms in total. The Hall–Kier alpha value is -4.11. The van der Waals surface area contributed by atoms with E-state index in [0.29, 0.717) is 44.2 Å². The molecule has 0 unspecified atom stereocenters. The number of hydrogen-bond donors (Lipinski definition) is 2. The smallest absolute Gasteiger partial charge is 0.320 e. The van der Waals surface area contributed by atoms with E-state index in [0.717, 1.165) is 29.2 Å². The molecule has 2 aromatic carbocycles. The second kappa shape index (κ2) is 10.0. The molecule has 1 saturated heterocycles. The molecule has 2 aliphatic rings. The summed E-state index contributed by atoms with van der Waals surface area (Å²) in [5.41, 5.74) is 3.56. The maximum atomic E-state index is 13.4. The Morgan fingerprint density at radius 3 is 2.49 bits per heavy atom. The second-order valence-electron chi connectivity index (χ2n) is 8.43. The highest BCUT2D eigenvalue weighted by Gasteiger charge is 2.26. The molecule has 0 aliphatic carbocycles. The zero-order valence-corrected chi connectivity index (χ0v) is 19.6. The minimum Gasteiger partial charge on any atom is -0.378 e. The van der Waals surface area contributed by atoms with Crippen LogP contribution in [0.5, 0.6) is 0 Å². The molecule has 1 aromatic heterocycles. The van der Waals surface area contributed by atoms with Crippen LogP contribution < -0.4 is 15.5 Å². The average Bonchev–Trinajstić information content (AvgIpc) is 3.48. The van der Waals surface area contributed by atoms with Crippen LogP contribution in [0.15, 0.2) is 54.6 Å². The maximum Gasteiger partial charge on any atom is 0.320 e. The Morgan fingerprint density at radius 1 is 0.943 bits per heavy atom. The van der Waals surface area contributed by atoms with Crippen molar-refractivity contribution in [3.63, 3.8) is 0 Å². The fourth-order valence-electron chi connectivity index (χ4n) is 4.32. The topological polar surface area (TPSA) is 91.7 Å². The number of hydrogen-bond acceptors (Lipinski definition) is 5. The standard InChI is InChI=1S/C26H28N6O3/c1-27-26(34)28-23-18-24-31(9-10-32(24)29-23)22-16-20(8-7-19-5-3-2-4-6-19)15-21(17-22)25(33)30-11-13-35-14-12-30/h2-8,15-18H,9-14H2,1H3,(H2,27,28,29,34)/b8-7+. The number of urea groups is 1. The van der Waals surface area contributed by atoms with Gasteiger partial charge >= 0.3 is 6.03 Å². The molecule has 2 aliphatic heterocycles. The van der Waals surface area contributed by atoms with Crippen molar-refractivity contribution in [2.75, 3.05) is 50.1 Å². The lowest BCUT2D eigenvalue weighted by Gasteiger charge is -2.27. The van der Waals surface area contributed by atoms with Gasteiger partial charge in [0.2, 0.25) is 0 Å². The van der Waals surface area contributed by atoms with E-state index in [-0.39, 0.29) is 11.9 Å². The number of carbonyl (C=O) groups excluding carboxylic acids is 2. The van der Waals surface area contributed by atoms with Crippen molar-refractivity contribution in [1.29, 1.82) is 0 Å². The molecule has 0 bridgehead atoms. The summed E-state index contributed by atoms with van der Waals surface area (Å²) < 4.78 is 7.28. The van der Waals surface area contributed by atoms with Gasteiger partial charge in [-0.2, -0.15) is 5.10 Å². The van der Waals surface area contributed by atoms with Gasteiger partial charge in [0.25, 0.3) is 5.91 Å². The van der Waals surface area contributed by atoms with Gasteiger partial charge in [0, 0.05) is 44.0 Å². The Bertz CT molecular complexity index is 1250. The Labute approximate surface area is 204 Å². The van der Waals surface area contributed by atoms with Crippen molar-refractivity contribution in [2.45, 2.75) is 6.54 Å². The summed E-state index contributed by atoms with van der Waals surface area (Å²) in [6.45, 7) is 3.69. The quantitative estimate of drug-likeness (QED) is 0.555. The molecule has 0 spiro atoms. The zero-order valence-electron chi connectivity index (χ0n) is 19.6. The number of anilines is 3. The summed E-state index contributed by atoms with van der Waals surface area (Å²) in [6.07, 6.45) is 4.07. The van der Waals surface area contributed by atoms with Crippen LogP contribution in [0.25, 0.3) is 12.2 Å². The predicted molar refractivity (Wildman–Crippen MR) is 136 cm³/mol. The molecule has 3 aromatic rings. The minimum absolute atomic E-state index is 0.000752. The number of amides is 3. The fraction of sp³-hybridized carbons (Fsp3) is 0.269. The van der Waals surface area contributed by atoms with Gasteiger partial charge in [0.1, 0.15) is 5.82 Å². The zero-order chi connectivity index (χ0) is 24.2. The lowest BCUT2D eigenvalue weighted by Crippen LogP contribution is -2.40. The Morgan fingerprint density at radius 2 is 1.71 bits per heavy atom. The summed E-state index contributed by atoms with van der Waals surface area (Å²) in [7, 11) is 1.56. The lowest BCUT2D eigenvalue weighted by molar-refractivity contribution is 0.0303. The number of benzene rings is 2. The van der Waals surface area contributed by atoms with Gasteiger partial charge in [-0.25, -0.2) is 9.48 Å². The van der Waals surface area contributed by atoms with E-state index in [1.54, 1.807) is 7.05 Å². The van der Waals surface area contributed by atoms with Crippen LogP contribution in [0, 0.1) is 0 Å². The molecule has 3 heterocycles. The predicted octanol–water partition coefficient (Wildman–Crippen LogP) is 3.43. The van der Waals surface area contributed by atoms with E-state index in [2.05, 4.69) is 26.7 Å². The second-order valence-corrected chi connectivity index (χ2v) is 8.43. The molecular formula is C26H28N6O3. The molecule has 0 saturated carbocycles. The number of fused-ring (bicyclic) bond motifs is 1. The molecule has 5 rings (SSSR count). The number of ether oxygens (including phenoxy) is 1. The highest BCUT2D eigenvalue weighted by Crippen LogP contribution is 2.34. The fourth-order valence-corrected chi connectivity index (χ4v) is 4.32. The van der Waals surface area contributed by atoms with Gasteiger partial charge in [0.05, 0.1) is 19.8 Å². The summed E-state index contributed by atoms with van der Waals surface area (Å²) in [6, 6.07) is 17.5. The first-order chi connectivity index (χ1) is 17.1. The highest BCUT2D eigenvalue weighted by atomic mass is 16.5. The van der Waals surface area contributed by atoms with Gasteiger partial charge in [-0.05, 0) is 29.3 Å². The molecule has 1 fully saturated rings. The summed E-state index contributed by atoms with van der Waals surface area (Å²) >= 11 is 0. The third-order valence-electron chi connectivity index (χ3n) is 6.10. The van der Waals surface area contributed by atoms with Crippen LogP contribution >= 0.6 is 0 Å². The van der Waals surface area contributed by atoms with E-state index < -0.39 is 0 Å². The summed E-state index contributed by atoms with van der Waals surface area (Å²) in [4.78, 5) is 29.0. The number of carbonyl (C=O) groups is 2. The van der Waals surface area contributed by atoms with Crippen LogP contribution in [0.4, 0.5) is 22.1 Å². The van der Waals surface area contributed by atoms with Gasteiger partial charge in [-0.15, -0.1) is 0 Å². The molecule has 180 valence electrons. The first kappa shape index (κ1) is 22.7. The maximum absolute atomic E-state index is 13.4. The van der Waals surface area contributed by atoms with E-state index in [1.165, 1.54) is 0 Å². The first-order valence-electron chi connectivity index (χ1n) is 11.7. The third kappa shape index (κ3) is 5.04. The number of morpholine rings is 1. The minimum atomic E-state index is -0.320. The molecular weight excluding hydrogens is 444 g/mol. The van der Waals surface area contributed by atoms with Crippen LogP contribution in [0.3, 0.4) is 0 Å². The van der Waals surface area contributed by atoms with E-state index in [9.17, 15) is 9.59 Å². The summed E-state index contributed by atoms with van der Waals surface area (Å²) in [5, 5.41) is 9.74. The molecule has 9 heteroatoms. The Kier molecular flexibility index (Phi) is 6.49. The van der Waals surface area contributed by atoms with E-state index in [1.807, 2.05) is 70.3 Å². The molecule has 2 N–H and O–H groups in total. The van der Waals surface area contributed by atoms with Gasteiger partial charge in [-0.3, -0.25) is 10.1 Å². The first-order valence-corrected chi connectivity index (χ1v) is 11.7. The normalized spacial score (nSPS) is 15.3. The van der Waals surface area contributed by atoms with Gasteiger partial charge in [-0.1, -0.05) is 42.5 Å². The average molecular weight is 473 g/mol. The number of aromatic nitrogens is 2. The van der Waals surface area contributed by atoms with Crippen LogP contribution in [0.2, 0.25) is 0 Å². The van der Waals surface area contributed by atoms with Gasteiger partial charge < -0.3 is 19.9 Å². The lowest BCUT2D eigenvalue weighted by atomic mass is 10.1. The molecule has 0 radical (unpaired) electrons. The molecule has 3 amide bonds. The third-order valence-corrected chi connectivity index (χ3v) is 6.10. The molecule has 0 atom stereocenters. The monoisotopic (exact) mass is 472 g/mol. The van der Waals surface area contributed by atoms with Crippen LogP contribution in [-0.2, 0) is 11.3 Å². The highest BCUT2D eigenvalue weighted by molar-refractivity contribution is 5.96.